The molecule has 3 heterocycles. The molecule has 1 aliphatic rings. The highest BCUT2D eigenvalue weighted by Gasteiger charge is 2.33. The first-order valence-electron chi connectivity index (χ1n) is 13.2. The van der Waals surface area contributed by atoms with Crippen molar-refractivity contribution in [1.82, 2.24) is 24.9 Å². The van der Waals surface area contributed by atoms with Crippen LogP contribution in [-0.4, -0.2) is 50.3 Å². The number of hydrogen-bond donors (Lipinski definition) is 1. The van der Waals surface area contributed by atoms with Crippen molar-refractivity contribution < 1.29 is 18.8 Å². The van der Waals surface area contributed by atoms with E-state index in [9.17, 15) is 9.59 Å². The Kier molecular flexibility index (Phi) is 7.41. The SMILES string of the molecule is CCNC(=O)c1noc(-c2cc(C(C)C)c(C)cc2C)c1-c1nc2c(n1C)CCN(C(=O)OC(C)(C)C)C2. The van der Waals surface area contributed by atoms with Gasteiger partial charge in [-0.3, -0.25) is 4.79 Å². The van der Waals surface area contributed by atoms with Crippen LogP contribution in [0.5, 0.6) is 0 Å². The van der Waals surface area contributed by atoms with Gasteiger partial charge in [-0.25, -0.2) is 9.78 Å². The number of carbonyl (C=O) groups excluding carboxylic acids is 2. The molecule has 0 fully saturated rings. The first kappa shape index (κ1) is 27.4. The number of imidazole rings is 1. The van der Waals surface area contributed by atoms with Crippen LogP contribution in [-0.2, 0) is 24.8 Å². The molecule has 0 aliphatic carbocycles. The van der Waals surface area contributed by atoms with Crippen LogP contribution in [0.3, 0.4) is 0 Å². The van der Waals surface area contributed by atoms with Gasteiger partial charge < -0.3 is 24.0 Å². The van der Waals surface area contributed by atoms with E-state index in [2.05, 4.69) is 43.4 Å². The summed E-state index contributed by atoms with van der Waals surface area (Å²) < 4.78 is 13.5. The molecular weight excluding hydrogens is 482 g/mol. The van der Waals surface area contributed by atoms with Gasteiger partial charge in [0.15, 0.2) is 11.5 Å². The van der Waals surface area contributed by atoms with Gasteiger partial charge in [-0.05, 0) is 70.2 Å². The number of ether oxygens (including phenoxy) is 1. The first-order valence-corrected chi connectivity index (χ1v) is 13.2. The first-order chi connectivity index (χ1) is 17.8. The minimum absolute atomic E-state index is 0.197. The Hall–Kier alpha value is -3.62. The van der Waals surface area contributed by atoms with E-state index in [1.165, 1.54) is 11.1 Å². The molecule has 3 aromatic rings. The fourth-order valence-corrected chi connectivity index (χ4v) is 5.05. The Labute approximate surface area is 224 Å². The number of amides is 2. The molecule has 0 unspecified atom stereocenters. The van der Waals surface area contributed by atoms with Crippen molar-refractivity contribution in [2.75, 3.05) is 13.1 Å². The molecule has 0 saturated carbocycles. The van der Waals surface area contributed by atoms with Gasteiger partial charge in [-0.15, -0.1) is 0 Å². The van der Waals surface area contributed by atoms with E-state index in [0.29, 0.717) is 49.1 Å². The number of fused-ring (bicyclic) bond motifs is 1. The number of hydrogen-bond acceptors (Lipinski definition) is 6. The smallest absolute Gasteiger partial charge is 0.410 e. The van der Waals surface area contributed by atoms with Gasteiger partial charge in [0.05, 0.1) is 17.8 Å². The number of rotatable bonds is 5. The zero-order chi connectivity index (χ0) is 27.9. The van der Waals surface area contributed by atoms with Gasteiger partial charge in [0.25, 0.3) is 5.91 Å². The van der Waals surface area contributed by atoms with E-state index in [4.69, 9.17) is 14.2 Å². The standard InChI is InChI=1S/C29H39N5O4/c1-10-30-27(35)24-23(25(38-32-24)20-14-19(16(2)3)17(4)13-18(20)5)26-31-21-15-34(12-11-22(21)33(26)9)28(36)37-29(6,7)8/h13-14,16H,10-12,15H2,1-9H3,(H,30,35). The summed E-state index contributed by atoms with van der Waals surface area (Å²) >= 11 is 0. The predicted molar refractivity (Wildman–Crippen MR) is 146 cm³/mol. The average molecular weight is 522 g/mol. The maximum atomic E-state index is 13.1. The largest absolute Gasteiger partial charge is 0.444 e. The molecule has 204 valence electrons. The molecule has 0 spiro atoms. The molecule has 0 bridgehead atoms. The highest BCUT2D eigenvalue weighted by molar-refractivity contribution is 6.01. The molecule has 1 aliphatic heterocycles. The molecule has 0 saturated heterocycles. The molecule has 9 heteroatoms. The van der Waals surface area contributed by atoms with Crippen molar-refractivity contribution in [2.24, 2.45) is 7.05 Å². The van der Waals surface area contributed by atoms with E-state index in [1.807, 2.05) is 46.2 Å². The Morgan fingerprint density at radius 2 is 1.89 bits per heavy atom. The second-order valence-electron chi connectivity index (χ2n) is 11.3. The number of nitrogens with one attached hydrogen (secondary N) is 1. The van der Waals surface area contributed by atoms with E-state index in [0.717, 1.165) is 22.5 Å². The van der Waals surface area contributed by atoms with E-state index < -0.39 is 5.60 Å². The van der Waals surface area contributed by atoms with Crippen LogP contribution < -0.4 is 5.32 Å². The maximum absolute atomic E-state index is 13.1. The minimum atomic E-state index is -0.577. The molecule has 0 radical (unpaired) electrons. The molecular formula is C29H39N5O4. The third kappa shape index (κ3) is 5.19. The van der Waals surface area contributed by atoms with Crippen LogP contribution >= 0.6 is 0 Å². The Morgan fingerprint density at radius 1 is 1.18 bits per heavy atom. The van der Waals surface area contributed by atoms with Crippen LogP contribution in [0.25, 0.3) is 22.7 Å². The number of aromatic nitrogens is 3. The van der Waals surface area contributed by atoms with Gasteiger partial charge in [0, 0.05) is 37.8 Å². The van der Waals surface area contributed by atoms with Gasteiger partial charge in [0.1, 0.15) is 11.4 Å². The molecule has 2 aromatic heterocycles. The average Bonchev–Trinajstić information content (AvgIpc) is 3.38. The lowest BCUT2D eigenvalue weighted by Crippen LogP contribution is -2.40. The number of nitrogens with zero attached hydrogens (tertiary/aromatic N) is 4. The molecule has 0 atom stereocenters. The van der Waals surface area contributed by atoms with Gasteiger partial charge in [-0.2, -0.15) is 0 Å². The van der Waals surface area contributed by atoms with Crippen molar-refractivity contribution in [3.63, 3.8) is 0 Å². The van der Waals surface area contributed by atoms with E-state index in [-0.39, 0.29) is 17.7 Å². The molecule has 4 rings (SSSR count). The van der Waals surface area contributed by atoms with E-state index >= 15 is 0 Å². The summed E-state index contributed by atoms with van der Waals surface area (Å²) in [7, 11) is 1.93. The third-order valence-electron chi connectivity index (χ3n) is 6.86. The van der Waals surface area contributed by atoms with Crippen molar-refractivity contribution in [3.05, 3.63) is 45.9 Å². The van der Waals surface area contributed by atoms with Crippen molar-refractivity contribution >= 4 is 12.0 Å². The number of aryl methyl sites for hydroxylation is 2. The monoisotopic (exact) mass is 521 g/mol. The summed E-state index contributed by atoms with van der Waals surface area (Å²) in [4.78, 5) is 32.4. The highest BCUT2D eigenvalue weighted by Crippen LogP contribution is 2.39. The Bertz CT molecular complexity index is 1380. The summed E-state index contributed by atoms with van der Waals surface area (Å²) in [5, 5.41) is 7.08. The summed E-state index contributed by atoms with van der Waals surface area (Å²) in [6.45, 7) is 17.2. The zero-order valence-corrected chi connectivity index (χ0v) is 24.0. The summed E-state index contributed by atoms with van der Waals surface area (Å²) in [6.07, 6.45) is 0.261. The molecule has 38 heavy (non-hydrogen) atoms. The number of benzene rings is 1. The van der Waals surface area contributed by atoms with Crippen molar-refractivity contribution in [1.29, 1.82) is 0 Å². The maximum Gasteiger partial charge on any atom is 0.410 e. The molecule has 1 N–H and O–H groups in total. The van der Waals surface area contributed by atoms with Crippen molar-refractivity contribution in [3.8, 4) is 22.7 Å². The Balaban J connectivity index is 1.84. The second kappa shape index (κ2) is 10.3. The quantitative estimate of drug-likeness (QED) is 0.474. The van der Waals surface area contributed by atoms with Crippen LogP contribution in [0.4, 0.5) is 4.79 Å². The lowest BCUT2D eigenvalue weighted by atomic mass is 9.91. The summed E-state index contributed by atoms with van der Waals surface area (Å²) in [6, 6.07) is 4.28. The lowest BCUT2D eigenvalue weighted by Gasteiger charge is -2.29. The number of carbonyl (C=O) groups is 2. The zero-order valence-electron chi connectivity index (χ0n) is 24.0. The highest BCUT2D eigenvalue weighted by atomic mass is 16.6. The molecule has 1 aromatic carbocycles. The molecule has 2 amide bonds. The van der Waals surface area contributed by atoms with Gasteiger partial charge in [-0.1, -0.05) is 25.1 Å². The lowest BCUT2D eigenvalue weighted by molar-refractivity contribution is 0.0220. The predicted octanol–water partition coefficient (Wildman–Crippen LogP) is 5.53. The van der Waals surface area contributed by atoms with Crippen molar-refractivity contribution in [2.45, 2.75) is 79.9 Å². The van der Waals surface area contributed by atoms with Gasteiger partial charge in [0.2, 0.25) is 0 Å². The van der Waals surface area contributed by atoms with Crippen LogP contribution in [0.15, 0.2) is 16.7 Å². The molecule has 9 nitrogen and oxygen atoms in total. The normalized spacial score (nSPS) is 13.6. The summed E-state index contributed by atoms with van der Waals surface area (Å²) in [5.74, 6) is 1.11. The van der Waals surface area contributed by atoms with Crippen LogP contribution in [0, 0.1) is 13.8 Å². The minimum Gasteiger partial charge on any atom is -0.444 e. The fraction of sp³-hybridized carbons (Fsp3) is 0.517. The van der Waals surface area contributed by atoms with Crippen LogP contribution in [0.1, 0.15) is 86.0 Å². The fourth-order valence-electron chi connectivity index (χ4n) is 5.05. The van der Waals surface area contributed by atoms with Gasteiger partial charge >= 0.3 is 6.09 Å². The second-order valence-corrected chi connectivity index (χ2v) is 11.3. The Morgan fingerprint density at radius 3 is 2.53 bits per heavy atom. The van der Waals surface area contributed by atoms with E-state index in [1.54, 1.807) is 4.90 Å². The third-order valence-corrected chi connectivity index (χ3v) is 6.86. The van der Waals surface area contributed by atoms with Crippen LogP contribution in [0.2, 0.25) is 0 Å². The summed E-state index contributed by atoms with van der Waals surface area (Å²) in [5.41, 5.74) is 6.29. The topological polar surface area (TPSA) is 102 Å².